The van der Waals surface area contributed by atoms with Crippen molar-refractivity contribution in [2.24, 2.45) is 45.3 Å². The molecule has 10 aliphatic rings. The highest BCUT2D eigenvalue weighted by atomic mass is 31.1. The molecule has 5 saturated heterocycles. The van der Waals surface area contributed by atoms with Crippen molar-refractivity contribution in [1.29, 1.82) is 0 Å². The number of morpholine rings is 2. The Morgan fingerprint density at radius 1 is 0.440 bits per heavy atom. The van der Waals surface area contributed by atoms with Gasteiger partial charge in [0.05, 0.1) is 24.4 Å². The number of anilines is 1. The topological polar surface area (TPSA) is 33.1 Å². The molecule has 14 rings (SSSR count). The Labute approximate surface area is 454 Å². The summed E-state index contributed by atoms with van der Waals surface area (Å²) in [5, 5.41) is 2.86. The Morgan fingerprint density at radius 3 is 1.29 bits per heavy atom. The average Bonchev–Trinajstić information content (AvgIpc) is 3.86. The first-order valence-corrected chi connectivity index (χ1v) is 32.4. The van der Waals surface area contributed by atoms with Crippen molar-refractivity contribution in [3.05, 3.63) is 78.4 Å². The second-order valence-electron chi connectivity index (χ2n) is 32.4. The molecular formula is C68H97N4O2P. The van der Waals surface area contributed by atoms with E-state index in [1.807, 2.05) is 0 Å². The number of ether oxygens (including phenoxy) is 2. The fourth-order valence-corrected chi connectivity index (χ4v) is 25.3. The minimum Gasteiger partial charge on any atom is -0.371 e. The summed E-state index contributed by atoms with van der Waals surface area (Å²) in [6.07, 6.45) is 13.7. The van der Waals surface area contributed by atoms with E-state index in [1.54, 1.807) is 0 Å². The number of hydrogen-bond donors (Lipinski definition) is 0. The Hall–Kier alpha value is -2.47. The van der Waals surface area contributed by atoms with Gasteiger partial charge in [-0.25, -0.2) is 0 Å². The van der Waals surface area contributed by atoms with E-state index in [0.717, 1.165) is 0 Å². The predicted octanol–water partition coefficient (Wildman–Crippen LogP) is 15.5. The molecule has 5 saturated carbocycles. The SMILES string of the molecule is CC(C)(C)c1ccc(N2C3CC(C(C)(C)C)C4OC5CC(C(C)(C)C)CCC5N5C6CC(n7c8ccccc8c8ccccc87)CC7C6P(C3C45)C3C2CC(C(C)(C)C)C2OC4CC(C(C)(C)C)CCC4N7C23)cc1. The lowest BCUT2D eigenvalue weighted by molar-refractivity contribution is -0.250. The van der Waals surface area contributed by atoms with Crippen molar-refractivity contribution in [3.8, 4) is 0 Å². The number of fused-ring (bicyclic) bond motifs is 9. The molecular weight excluding hydrogens is 936 g/mol. The Morgan fingerprint density at radius 2 is 0.880 bits per heavy atom. The summed E-state index contributed by atoms with van der Waals surface area (Å²) >= 11 is 0. The number of nitrogens with zero attached hydrogens (tertiary/aromatic N) is 4. The zero-order valence-corrected chi connectivity index (χ0v) is 50.0. The van der Waals surface area contributed by atoms with Gasteiger partial charge in [0.2, 0.25) is 0 Å². The monoisotopic (exact) mass is 1030 g/mol. The summed E-state index contributed by atoms with van der Waals surface area (Å²) in [5.41, 5.74) is 8.67. The normalized spacial score (nSPS) is 42.8. The molecule has 0 amide bonds. The van der Waals surface area contributed by atoms with Crippen molar-refractivity contribution in [2.75, 3.05) is 4.90 Å². The van der Waals surface area contributed by atoms with E-state index in [9.17, 15) is 0 Å². The summed E-state index contributed by atoms with van der Waals surface area (Å²) in [7, 11) is -0.429. The number of hydrogen-bond acceptors (Lipinski definition) is 5. The van der Waals surface area contributed by atoms with Crippen LogP contribution in [0.2, 0.25) is 0 Å². The standard InChI is InChI=1S/C68H97N4O2P/c1-64(2,3)38-24-28-41(29-25-38)69-53-36-45(67(10,11)12)59-57-62(53)75-61-51(71(57)49-30-26-39(65(4,5)6)32-55(49)73-59)34-42(70-47-22-18-16-20-43(47)44-21-17-19-23-48(44)70)35-52(61)72-50-31-27-40(66(7,8)9)33-56(50)74-60-46(68(13,14)15)37-54(69)63(75)58(60)72/h16-25,28-29,39-40,42,45-46,49-63H,26-27,30-37H2,1-15H3. The number of benzene rings is 3. The number of rotatable bonds is 2. The Bertz CT molecular complexity index is 2660. The Balaban J connectivity index is 1.02. The van der Waals surface area contributed by atoms with Gasteiger partial charge >= 0.3 is 0 Å². The van der Waals surface area contributed by atoms with E-state index in [-0.39, 0.29) is 39.3 Å². The van der Waals surface area contributed by atoms with Gasteiger partial charge < -0.3 is 18.9 Å². The van der Waals surface area contributed by atoms with Crippen LogP contribution in [0.5, 0.6) is 0 Å². The van der Waals surface area contributed by atoms with E-state index in [0.29, 0.717) is 107 Å². The van der Waals surface area contributed by atoms with Gasteiger partial charge in [0.15, 0.2) is 0 Å². The molecule has 6 nitrogen and oxygen atoms in total. The third-order valence-electron chi connectivity index (χ3n) is 23.6. The fraction of sp³-hybridized carbons (Fsp3) is 0.735. The molecule has 0 N–H and O–H groups in total. The third kappa shape index (κ3) is 7.58. The maximum Gasteiger partial charge on any atom is 0.0775 e. The molecule has 406 valence electrons. The molecule has 0 bridgehead atoms. The van der Waals surface area contributed by atoms with E-state index >= 15 is 0 Å². The van der Waals surface area contributed by atoms with Crippen molar-refractivity contribution in [3.63, 3.8) is 0 Å². The molecule has 18 unspecified atom stereocenters. The summed E-state index contributed by atoms with van der Waals surface area (Å²) in [4.78, 5) is 10.1. The van der Waals surface area contributed by atoms with Crippen LogP contribution in [-0.4, -0.2) is 104 Å². The molecule has 75 heavy (non-hydrogen) atoms. The van der Waals surface area contributed by atoms with Crippen LogP contribution in [0.3, 0.4) is 0 Å². The van der Waals surface area contributed by atoms with Crippen LogP contribution >= 0.6 is 7.92 Å². The van der Waals surface area contributed by atoms with Crippen LogP contribution in [0.25, 0.3) is 21.8 Å². The molecule has 10 fully saturated rings. The van der Waals surface area contributed by atoms with Gasteiger partial charge in [-0.3, -0.25) is 9.80 Å². The van der Waals surface area contributed by atoms with Crippen LogP contribution in [-0.2, 0) is 14.9 Å². The lowest BCUT2D eigenvalue weighted by Crippen LogP contribution is -2.87. The molecule has 3 aromatic carbocycles. The largest absolute Gasteiger partial charge is 0.371 e. The highest BCUT2D eigenvalue weighted by Gasteiger charge is 2.76. The van der Waals surface area contributed by atoms with E-state index in [4.69, 9.17) is 9.47 Å². The van der Waals surface area contributed by atoms with Crippen LogP contribution < -0.4 is 4.90 Å². The molecule has 5 aliphatic heterocycles. The molecule has 7 heteroatoms. The maximum atomic E-state index is 8.18. The van der Waals surface area contributed by atoms with Gasteiger partial charge in [-0.05, 0) is 145 Å². The zero-order chi connectivity index (χ0) is 52.4. The third-order valence-corrected chi connectivity index (χ3v) is 27.6. The zero-order valence-electron chi connectivity index (χ0n) is 49.1. The highest BCUT2D eigenvalue weighted by molar-refractivity contribution is 7.60. The molecule has 4 aromatic rings. The number of para-hydroxylation sites is 2. The van der Waals surface area contributed by atoms with Crippen molar-refractivity contribution < 1.29 is 9.47 Å². The maximum absolute atomic E-state index is 8.18. The van der Waals surface area contributed by atoms with Gasteiger partial charge in [-0.15, -0.1) is 0 Å². The smallest absolute Gasteiger partial charge is 0.0775 e. The lowest BCUT2D eigenvalue weighted by Gasteiger charge is -2.79. The van der Waals surface area contributed by atoms with Gasteiger partial charge in [0.1, 0.15) is 0 Å². The second-order valence-corrected chi connectivity index (χ2v) is 35.1. The van der Waals surface area contributed by atoms with Crippen LogP contribution in [0.15, 0.2) is 72.8 Å². The molecule has 1 aromatic heterocycles. The van der Waals surface area contributed by atoms with Crippen LogP contribution in [0.1, 0.15) is 180 Å². The summed E-state index contributed by atoms with van der Waals surface area (Å²) in [6.45, 7) is 37.9. The molecule has 18 atom stereocenters. The van der Waals surface area contributed by atoms with Gasteiger partial charge in [0.25, 0.3) is 0 Å². The molecule has 0 radical (unpaired) electrons. The molecule has 6 heterocycles. The lowest BCUT2D eigenvalue weighted by atomic mass is 9.61. The van der Waals surface area contributed by atoms with Gasteiger partial charge in [-0.1, -0.05) is 160 Å². The van der Waals surface area contributed by atoms with Gasteiger partial charge in [-0.2, -0.15) is 0 Å². The quantitative estimate of drug-likeness (QED) is 0.187. The first-order chi connectivity index (χ1) is 35.4. The predicted molar refractivity (Wildman–Crippen MR) is 314 cm³/mol. The first kappa shape index (κ1) is 50.7. The second kappa shape index (κ2) is 17.0. The van der Waals surface area contributed by atoms with Crippen LogP contribution in [0.4, 0.5) is 5.69 Å². The van der Waals surface area contributed by atoms with Gasteiger partial charge in [0, 0.05) is 98.8 Å². The Kier molecular flexibility index (Phi) is 11.5. The highest BCUT2D eigenvalue weighted by Crippen LogP contribution is 2.76. The summed E-state index contributed by atoms with van der Waals surface area (Å²) in [5.74, 6) is 2.32. The summed E-state index contributed by atoms with van der Waals surface area (Å²) < 4.78 is 19.3. The summed E-state index contributed by atoms with van der Waals surface area (Å²) in [6, 6.07) is 33.6. The van der Waals surface area contributed by atoms with E-state index < -0.39 is 7.92 Å². The van der Waals surface area contributed by atoms with Crippen molar-refractivity contribution >= 4 is 35.4 Å². The molecule has 0 spiro atoms. The van der Waals surface area contributed by atoms with E-state index in [1.165, 1.54) is 97.3 Å². The van der Waals surface area contributed by atoms with Crippen molar-refractivity contribution in [2.45, 2.75) is 269 Å². The molecule has 5 aliphatic carbocycles. The van der Waals surface area contributed by atoms with Crippen LogP contribution in [0, 0.1) is 45.3 Å². The minimum atomic E-state index is -0.429. The number of aromatic nitrogens is 1. The average molecular weight is 1030 g/mol. The minimum absolute atomic E-state index is 0.110. The van der Waals surface area contributed by atoms with Crippen molar-refractivity contribution in [1.82, 2.24) is 14.4 Å². The van der Waals surface area contributed by atoms with E-state index in [2.05, 4.69) is 196 Å². The fourth-order valence-electron chi connectivity index (χ4n) is 20.1. The first-order valence-electron chi connectivity index (χ1n) is 30.9.